The first-order valence-corrected chi connectivity index (χ1v) is 8.22. The summed E-state index contributed by atoms with van der Waals surface area (Å²) in [5.41, 5.74) is -0.0516. The number of anilines is 1. The molecule has 2 fully saturated rings. The minimum Gasteiger partial charge on any atom is -0.426 e. The third kappa shape index (κ3) is 4.17. The SMILES string of the molecule is O=C(Nc1cnoc1)C1CC12CCN(C(=O)OC(C(F)(F)F)C(F)(F)F)CC2. The number of hydrogen-bond acceptors (Lipinski definition) is 5. The molecule has 3 rings (SSSR count). The first-order valence-electron chi connectivity index (χ1n) is 8.22. The van der Waals surface area contributed by atoms with Crippen LogP contribution in [0.2, 0.25) is 0 Å². The third-order valence-electron chi connectivity index (χ3n) is 5.04. The van der Waals surface area contributed by atoms with Crippen molar-refractivity contribution in [3.8, 4) is 0 Å². The van der Waals surface area contributed by atoms with Gasteiger partial charge in [0, 0.05) is 19.0 Å². The number of carbonyl (C=O) groups excluding carboxylic acids is 2. The zero-order valence-corrected chi connectivity index (χ0v) is 14.1. The van der Waals surface area contributed by atoms with Crippen LogP contribution in [0.15, 0.2) is 17.0 Å². The summed E-state index contributed by atoms with van der Waals surface area (Å²) >= 11 is 0. The van der Waals surface area contributed by atoms with E-state index in [0.29, 0.717) is 12.1 Å². The Bertz CT molecular complexity index is 711. The Kier molecular flexibility index (Phi) is 4.96. The molecule has 1 aromatic rings. The summed E-state index contributed by atoms with van der Waals surface area (Å²) < 4.78 is 83.3. The predicted octanol–water partition coefficient (Wildman–Crippen LogP) is 3.35. The van der Waals surface area contributed by atoms with Crippen LogP contribution >= 0.6 is 0 Å². The molecule has 1 aliphatic carbocycles. The standard InChI is InChI=1S/C15H15F6N3O4/c16-14(17,18)11(15(19,20)21)28-12(26)24-3-1-13(2-4-24)5-9(13)10(25)23-8-6-22-27-7-8/h6-7,9,11H,1-5H2,(H,23,25). The van der Waals surface area contributed by atoms with Crippen molar-refractivity contribution in [1.29, 1.82) is 0 Å². The van der Waals surface area contributed by atoms with E-state index in [1.165, 1.54) is 12.5 Å². The zero-order valence-electron chi connectivity index (χ0n) is 14.1. The number of halogens is 6. The number of piperidine rings is 1. The molecule has 156 valence electrons. The van der Waals surface area contributed by atoms with Gasteiger partial charge in [0.15, 0.2) is 0 Å². The first-order chi connectivity index (χ1) is 12.9. The van der Waals surface area contributed by atoms with E-state index in [1.54, 1.807) is 0 Å². The highest BCUT2D eigenvalue weighted by Gasteiger charge is 2.61. The van der Waals surface area contributed by atoms with Crippen LogP contribution in [0.5, 0.6) is 0 Å². The van der Waals surface area contributed by atoms with Crippen LogP contribution in [0.25, 0.3) is 0 Å². The summed E-state index contributed by atoms with van der Waals surface area (Å²) in [7, 11) is 0. The lowest BCUT2D eigenvalue weighted by atomic mass is 9.91. The molecule has 7 nitrogen and oxygen atoms in total. The van der Waals surface area contributed by atoms with Gasteiger partial charge in [0.2, 0.25) is 5.91 Å². The Morgan fingerprint density at radius 2 is 1.82 bits per heavy atom. The topological polar surface area (TPSA) is 84.7 Å². The maximum atomic E-state index is 12.5. The highest BCUT2D eigenvalue weighted by molar-refractivity contribution is 5.94. The molecule has 2 aliphatic rings. The highest BCUT2D eigenvalue weighted by Crippen LogP contribution is 2.59. The van der Waals surface area contributed by atoms with Crippen molar-refractivity contribution in [2.24, 2.45) is 11.3 Å². The van der Waals surface area contributed by atoms with Crippen molar-refractivity contribution in [2.75, 3.05) is 18.4 Å². The second kappa shape index (κ2) is 6.85. The fraction of sp³-hybridized carbons (Fsp3) is 0.667. The number of ether oxygens (including phenoxy) is 1. The minimum atomic E-state index is -5.76. The van der Waals surface area contributed by atoms with Crippen LogP contribution < -0.4 is 5.32 Å². The van der Waals surface area contributed by atoms with Crippen molar-refractivity contribution < 1.29 is 45.2 Å². The predicted molar refractivity (Wildman–Crippen MR) is 78.9 cm³/mol. The molecule has 1 saturated carbocycles. The molecule has 2 amide bonds. The van der Waals surface area contributed by atoms with E-state index >= 15 is 0 Å². The number of aromatic nitrogens is 1. The number of nitrogens with zero attached hydrogens (tertiary/aromatic N) is 2. The number of carbonyl (C=O) groups is 2. The summed E-state index contributed by atoms with van der Waals surface area (Å²) in [4.78, 5) is 24.8. The van der Waals surface area contributed by atoms with Gasteiger partial charge in [0.25, 0.3) is 6.10 Å². The number of likely N-dealkylation sites (tertiary alicyclic amines) is 1. The first kappa shape index (κ1) is 20.3. The number of rotatable bonds is 3. The number of hydrogen-bond donors (Lipinski definition) is 1. The molecule has 1 spiro atoms. The molecule has 0 bridgehead atoms. The van der Waals surface area contributed by atoms with Gasteiger partial charge in [-0.3, -0.25) is 4.79 Å². The quantitative estimate of drug-likeness (QED) is 0.766. The van der Waals surface area contributed by atoms with Gasteiger partial charge in [0.05, 0.1) is 6.20 Å². The third-order valence-corrected chi connectivity index (χ3v) is 5.04. The van der Waals surface area contributed by atoms with E-state index in [4.69, 9.17) is 0 Å². The Labute approximate surface area is 154 Å². The van der Waals surface area contributed by atoms with Crippen molar-refractivity contribution >= 4 is 17.7 Å². The van der Waals surface area contributed by atoms with Crippen LogP contribution in [-0.2, 0) is 9.53 Å². The smallest absolute Gasteiger partial charge is 0.426 e. The van der Waals surface area contributed by atoms with Gasteiger partial charge in [-0.2, -0.15) is 26.3 Å². The maximum absolute atomic E-state index is 12.5. The lowest BCUT2D eigenvalue weighted by molar-refractivity contribution is -0.308. The Hall–Kier alpha value is -2.47. The fourth-order valence-electron chi connectivity index (χ4n) is 3.40. The van der Waals surface area contributed by atoms with Crippen LogP contribution in [0.4, 0.5) is 36.8 Å². The lowest BCUT2D eigenvalue weighted by Gasteiger charge is -2.33. The Morgan fingerprint density at radius 3 is 2.32 bits per heavy atom. The number of nitrogens with one attached hydrogen (secondary N) is 1. The summed E-state index contributed by atoms with van der Waals surface area (Å²) in [5, 5.41) is 6.04. The van der Waals surface area contributed by atoms with Crippen LogP contribution in [0, 0.1) is 11.3 Å². The van der Waals surface area contributed by atoms with Gasteiger partial charge < -0.3 is 19.5 Å². The van der Waals surface area contributed by atoms with E-state index in [9.17, 15) is 35.9 Å². The summed E-state index contributed by atoms with van der Waals surface area (Å²) in [6.45, 7) is -0.198. The molecule has 0 aromatic carbocycles. The summed E-state index contributed by atoms with van der Waals surface area (Å²) in [6, 6.07) is 0. The van der Waals surface area contributed by atoms with Gasteiger partial charge in [0.1, 0.15) is 12.0 Å². The molecule has 1 N–H and O–H groups in total. The lowest BCUT2D eigenvalue weighted by Crippen LogP contribution is -2.49. The van der Waals surface area contributed by atoms with Gasteiger partial charge in [-0.15, -0.1) is 0 Å². The molecule has 13 heteroatoms. The van der Waals surface area contributed by atoms with Crippen molar-refractivity contribution in [3.05, 3.63) is 12.5 Å². The normalized spacial score (nSPS) is 21.7. The Balaban J connectivity index is 1.53. The van der Waals surface area contributed by atoms with E-state index < -0.39 is 30.0 Å². The second-order valence-corrected chi connectivity index (χ2v) is 6.86. The Morgan fingerprint density at radius 1 is 1.21 bits per heavy atom. The van der Waals surface area contributed by atoms with Gasteiger partial charge in [-0.1, -0.05) is 5.16 Å². The van der Waals surface area contributed by atoms with Crippen molar-refractivity contribution in [3.63, 3.8) is 0 Å². The molecular weight excluding hydrogens is 400 g/mol. The largest absolute Gasteiger partial charge is 0.434 e. The number of amides is 2. The monoisotopic (exact) mass is 415 g/mol. The maximum Gasteiger partial charge on any atom is 0.434 e. The molecule has 1 saturated heterocycles. The molecule has 2 heterocycles. The van der Waals surface area contributed by atoms with E-state index in [1.807, 2.05) is 0 Å². The molecule has 0 radical (unpaired) electrons. The van der Waals surface area contributed by atoms with E-state index in [0.717, 1.165) is 4.90 Å². The molecule has 1 atom stereocenters. The van der Waals surface area contributed by atoms with E-state index in [2.05, 4.69) is 19.7 Å². The molecule has 1 aromatic heterocycles. The summed E-state index contributed by atoms with van der Waals surface area (Å²) in [6.07, 6.45) is -13.8. The summed E-state index contributed by atoms with van der Waals surface area (Å²) in [5.74, 6) is -0.646. The molecule has 1 unspecified atom stereocenters. The van der Waals surface area contributed by atoms with Crippen molar-refractivity contribution in [1.82, 2.24) is 10.1 Å². The van der Waals surface area contributed by atoms with E-state index in [-0.39, 0.29) is 37.8 Å². The minimum absolute atomic E-state index is 0.0989. The number of alkyl halides is 6. The van der Waals surface area contributed by atoms with Crippen LogP contribution in [0.1, 0.15) is 19.3 Å². The second-order valence-electron chi connectivity index (χ2n) is 6.86. The van der Waals surface area contributed by atoms with Gasteiger partial charge >= 0.3 is 18.4 Å². The van der Waals surface area contributed by atoms with Crippen LogP contribution in [0.3, 0.4) is 0 Å². The molecular formula is C15H15F6N3O4. The molecule has 1 aliphatic heterocycles. The van der Waals surface area contributed by atoms with Gasteiger partial charge in [-0.05, 0) is 24.7 Å². The van der Waals surface area contributed by atoms with Gasteiger partial charge in [-0.25, -0.2) is 4.79 Å². The van der Waals surface area contributed by atoms with Crippen LogP contribution in [-0.4, -0.2) is 53.6 Å². The zero-order chi connectivity index (χ0) is 20.7. The average Bonchev–Trinajstić information content (AvgIpc) is 3.02. The van der Waals surface area contributed by atoms with Crippen molar-refractivity contribution in [2.45, 2.75) is 37.7 Å². The highest BCUT2D eigenvalue weighted by atomic mass is 19.4. The molecule has 28 heavy (non-hydrogen) atoms. The fourth-order valence-corrected chi connectivity index (χ4v) is 3.40. The average molecular weight is 415 g/mol.